The first-order chi connectivity index (χ1) is 8.65. The molecule has 2 aromatic heterocycles. The van der Waals surface area contributed by atoms with E-state index in [4.69, 9.17) is 17.3 Å². The van der Waals surface area contributed by atoms with E-state index in [9.17, 15) is 0 Å². The predicted octanol–water partition coefficient (Wildman–Crippen LogP) is 2.05. The second-order valence-electron chi connectivity index (χ2n) is 4.17. The summed E-state index contributed by atoms with van der Waals surface area (Å²) >= 11 is 6.18. The maximum Gasteiger partial charge on any atom is 0.131 e. The lowest BCUT2D eigenvalue weighted by Gasteiger charge is -2.03. The summed E-state index contributed by atoms with van der Waals surface area (Å²) in [5.41, 5.74) is 8.11. The Kier molecular flexibility index (Phi) is 2.48. The second kappa shape index (κ2) is 4.03. The molecule has 2 N–H and O–H groups in total. The number of hydrogen-bond donors (Lipinski definition) is 1. The molecule has 6 heteroatoms. The largest absolute Gasteiger partial charge is 0.396 e. The number of para-hydroxylation sites is 1. The molecule has 5 nitrogen and oxygen atoms in total. The van der Waals surface area contributed by atoms with Crippen LogP contribution < -0.4 is 5.73 Å². The minimum Gasteiger partial charge on any atom is -0.396 e. The van der Waals surface area contributed by atoms with Gasteiger partial charge in [0.15, 0.2) is 0 Å². The molecule has 3 rings (SSSR count). The normalized spacial score (nSPS) is 11.2. The number of rotatable bonds is 2. The van der Waals surface area contributed by atoms with Gasteiger partial charge in [0.2, 0.25) is 0 Å². The van der Waals surface area contributed by atoms with Gasteiger partial charge in [-0.15, -0.1) is 0 Å². The van der Waals surface area contributed by atoms with Crippen LogP contribution in [0.25, 0.3) is 11.0 Å². The van der Waals surface area contributed by atoms with Gasteiger partial charge in [-0.1, -0.05) is 17.7 Å². The number of nitrogen functional groups attached to an aromatic ring is 1. The minimum absolute atomic E-state index is 0.568. The number of nitrogens with two attached hydrogens (primary N) is 1. The molecule has 0 saturated carbocycles. The van der Waals surface area contributed by atoms with E-state index in [2.05, 4.69) is 10.1 Å². The van der Waals surface area contributed by atoms with Crippen LogP contribution in [0.4, 0.5) is 5.69 Å². The highest BCUT2D eigenvalue weighted by atomic mass is 35.5. The van der Waals surface area contributed by atoms with Crippen LogP contribution in [0.5, 0.6) is 0 Å². The zero-order valence-electron chi connectivity index (χ0n) is 9.84. The number of benzene rings is 1. The average Bonchev–Trinajstić information content (AvgIpc) is 2.86. The lowest BCUT2D eigenvalue weighted by Crippen LogP contribution is -2.06. The topological polar surface area (TPSA) is 61.7 Å². The van der Waals surface area contributed by atoms with Gasteiger partial charge < -0.3 is 10.3 Å². The molecule has 3 aromatic rings. The summed E-state index contributed by atoms with van der Waals surface area (Å²) in [6.07, 6.45) is 3.40. The van der Waals surface area contributed by atoms with E-state index in [-0.39, 0.29) is 0 Å². The van der Waals surface area contributed by atoms with Crippen LogP contribution in [-0.4, -0.2) is 19.3 Å². The van der Waals surface area contributed by atoms with E-state index >= 15 is 0 Å². The van der Waals surface area contributed by atoms with Crippen molar-refractivity contribution in [3.05, 3.63) is 41.4 Å². The fraction of sp³-hybridized carbons (Fsp3) is 0.167. The van der Waals surface area contributed by atoms with E-state index in [1.165, 1.54) is 0 Å². The van der Waals surface area contributed by atoms with E-state index in [1.54, 1.807) is 17.1 Å². The fourth-order valence-electron chi connectivity index (χ4n) is 2.02. The summed E-state index contributed by atoms with van der Waals surface area (Å²) in [4.78, 5) is 4.55. The Morgan fingerprint density at radius 3 is 2.89 bits per heavy atom. The second-order valence-corrected chi connectivity index (χ2v) is 4.57. The van der Waals surface area contributed by atoms with Crippen LogP contribution in [0, 0.1) is 0 Å². The first-order valence-corrected chi connectivity index (χ1v) is 5.90. The van der Waals surface area contributed by atoms with Gasteiger partial charge >= 0.3 is 0 Å². The molecule has 0 bridgehead atoms. The zero-order chi connectivity index (χ0) is 12.7. The van der Waals surface area contributed by atoms with Crippen molar-refractivity contribution in [2.75, 3.05) is 5.73 Å². The molecule has 0 fully saturated rings. The zero-order valence-corrected chi connectivity index (χ0v) is 10.6. The number of halogens is 1. The van der Waals surface area contributed by atoms with E-state index < -0.39 is 0 Å². The highest BCUT2D eigenvalue weighted by molar-refractivity contribution is 6.35. The molecule has 0 saturated heterocycles. The van der Waals surface area contributed by atoms with Crippen LogP contribution in [0.3, 0.4) is 0 Å². The Labute approximate surface area is 109 Å². The molecule has 0 spiro atoms. The molecular formula is C12H12ClN5. The highest BCUT2D eigenvalue weighted by Crippen LogP contribution is 2.23. The number of hydrogen-bond acceptors (Lipinski definition) is 3. The van der Waals surface area contributed by atoms with Crippen molar-refractivity contribution in [1.82, 2.24) is 19.3 Å². The molecule has 0 aliphatic rings. The van der Waals surface area contributed by atoms with E-state index in [0.29, 0.717) is 17.3 Å². The summed E-state index contributed by atoms with van der Waals surface area (Å²) in [6.45, 7) is 0.568. The highest BCUT2D eigenvalue weighted by Gasteiger charge is 2.11. The third-order valence-electron chi connectivity index (χ3n) is 2.89. The summed E-state index contributed by atoms with van der Waals surface area (Å²) in [7, 11) is 1.95. The summed E-state index contributed by atoms with van der Waals surface area (Å²) < 4.78 is 3.74. The maximum absolute atomic E-state index is 6.18. The lowest BCUT2D eigenvalue weighted by atomic mass is 10.3. The fourth-order valence-corrected chi connectivity index (χ4v) is 2.32. The van der Waals surface area contributed by atoms with Crippen LogP contribution in [-0.2, 0) is 13.6 Å². The number of aryl methyl sites for hydroxylation is 1. The molecule has 92 valence electrons. The molecule has 0 radical (unpaired) electrons. The van der Waals surface area contributed by atoms with Crippen molar-refractivity contribution in [2.24, 2.45) is 7.05 Å². The SMILES string of the molecule is Cn1c(Cn2cc(N)cn2)nc2cccc(Cl)c21. The van der Waals surface area contributed by atoms with Gasteiger partial charge in [0.05, 0.1) is 34.5 Å². The Balaban J connectivity index is 2.07. The third kappa shape index (κ3) is 1.73. The van der Waals surface area contributed by atoms with Crippen molar-refractivity contribution in [3.8, 4) is 0 Å². The molecule has 1 aromatic carbocycles. The molecule has 0 unspecified atom stereocenters. The van der Waals surface area contributed by atoms with Gasteiger partial charge in [-0.25, -0.2) is 4.98 Å². The van der Waals surface area contributed by atoms with Gasteiger partial charge in [-0.05, 0) is 12.1 Å². The van der Waals surface area contributed by atoms with Gasteiger partial charge in [0.25, 0.3) is 0 Å². The van der Waals surface area contributed by atoms with Crippen LogP contribution in [0.1, 0.15) is 5.82 Å². The Morgan fingerprint density at radius 2 is 2.22 bits per heavy atom. The minimum atomic E-state index is 0.568. The monoisotopic (exact) mass is 261 g/mol. The van der Waals surface area contributed by atoms with E-state index in [0.717, 1.165) is 16.9 Å². The quantitative estimate of drug-likeness (QED) is 0.768. The summed E-state index contributed by atoms with van der Waals surface area (Å²) in [5, 5.41) is 4.85. The number of fused-ring (bicyclic) bond motifs is 1. The first kappa shape index (κ1) is 11.1. The molecular weight excluding hydrogens is 250 g/mol. The summed E-state index contributed by atoms with van der Waals surface area (Å²) in [6, 6.07) is 5.71. The predicted molar refractivity (Wildman–Crippen MR) is 71.5 cm³/mol. The number of nitrogens with zero attached hydrogens (tertiary/aromatic N) is 4. The van der Waals surface area contributed by atoms with Crippen molar-refractivity contribution < 1.29 is 0 Å². The lowest BCUT2D eigenvalue weighted by molar-refractivity contribution is 0.636. The van der Waals surface area contributed by atoms with Crippen molar-refractivity contribution in [3.63, 3.8) is 0 Å². The molecule has 18 heavy (non-hydrogen) atoms. The van der Waals surface area contributed by atoms with E-state index in [1.807, 2.05) is 29.8 Å². The Hall–Kier alpha value is -2.01. The standard InChI is InChI=1S/C12H12ClN5/c1-17-11(7-18-6-8(14)5-15-18)16-10-4-2-3-9(13)12(10)17/h2-6H,7,14H2,1H3. The van der Waals surface area contributed by atoms with Crippen molar-refractivity contribution in [2.45, 2.75) is 6.54 Å². The molecule has 0 aliphatic heterocycles. The van der Waals surface area contributed by atoms with Crippen LogP contribution in [0.2, 0.25) is 5.02 Å². The average molecular weight is 262 g/mol. The van der Waals surface area contributed by atoms with Crippen LogP contribution >= 0.6 is 11.6 Å². The molecule has 2 heterocycles. The number of imidazole rings is 1. The Morgan fingerprint density at radius 1 is 1.39 bits per heavy atom. The van der Waals surface area contributed by atoms with Gasteiger partial charge in [-0.2, -0.15) is 5.10 Å². The third-order valence-corrected chi connectivity index (χ3v) is 3.20. The smallest absolute Gasteiger partial charge is 0.131 e. The van der Waals surface area contributed by atoms with Crippen molar-refractivity contribution >= 4 is 28.3 Å². The summed E-state index contributed by atoms with van der Waals surface area (Å²) in [5.74, 6) is 0.890. The van der Waals surface area contributed by atoms with Gasteiger partial charge in [0, 0.05) is 13.2 Å². The molecule has 0 atom stereocenters. The molecule has 0 amide bonds. The number of aromatic nitrogens is 4. The number of anilines is 1. The first-order valence-electron chi connectivity index (χ1n) is 5.53. The maximum atomic E-state index is 6.18. The van der Waals surface area contributed by atoms with Gasteiger partial charge in [0.1, 0.15) is 5.82 Å². The van der Waals surface area contributed by atoms with Crippen LogP contribution in [0.15, 0.2) is 30.6 Å². The van der Waals surface area contributed by atoms with Crippen molar-refractivity contribution in [1.29, 1.82) is 0 Å². The van der Waals surface area contributed by atoms with Gasteiger partial charge in [-0.3, -0.25) is 4.68 Å². The Bertz CT molecular complexity index is 712. The molecule has 0 aliphatic carbocycles.